The molecule has 1 unspecified atom stereocenters. The molecule has 1 fully saturated rings. The monoisotopic (exact) mass is 226 g/mol. The Morgan fingerprint density at radius 2 is 1.94 bits per heavy atom. The quantitative estimate of drug-likeness (QED) is 0.671. The van der Waals surface area contributed by atoms with Crippen molar-refractivity contribution in [2.75, 3.05) is 20.1 Å². The van der Waals surface area contributed by atoms with Crippen LogP contribution in [0.15, 0.2) is 0 Å². The van der Waals surface area contributed by atoms with Gasteiger partial charge in [-0.1, -0.05) is 26.2 Å². The first-order valence-electron chi connectivity index (χ1n) is 7.17. The summed E-state index contributed by atoms with van der Waals surface area (Å²) in [6.45, 7) is 7.01. The van der Waals surface area contributed by atoms with Crippen molar-refractivity contribution < 1.29 is 0 Å². The van der Waals surface area contributed by atoms with Gasteiger partial charge in [-0.15, -0.1) is 0 Å². The smallest absolute Gasteiger partial charge is 0.00670 e. The maximum absolute atomic E-state index is 3.71. The Morgan fingerprint density at radius 1 is 1.25 bits per heavy atom. The zero-order valence-corrected chi connectivity index (χ0v) is 11.5. The summed E-state index contributed by atoms with van der Waals surface area (Å²) in [4.78, 5) is 2.47. The van der Waals surface area contributed by atoms with Crippen molar-refractivity contribution >= 4 is 0 Å². The second kappa shape index (κ2) is 8.08. The van der Waals surface area contributed by atoms with Crippen molar-refractivity contribution in [3.8, 4) is 0 Å². The van der Waals surface area contributed by atoms with Crippen LogP contribution in [0.3, 0.4) is 0 Å². The van der Waals surface area contributed by atoms with Crippen molar-refractivity contribution in [1.29, 1.82) is 0 Å². The van der Waals surface area contributed by atoms with Gasteiger partial charge in [0.05, 0.1) is 0 Å². The van der Waals surface area contributed by atoms with E-state index in [9.17, 15) is 0 Å². The van der Waals surface area contributed by atoms with Gasteiger partial charge in [-0.25, -0.2) is 0 Å². The fourth-order valence-corrected chi connectivity index (χ4v) is 2.47. The van der Waals surface area contributed by atoms with E-state index in [4.69, 9.17) is 0 Å². The topological polar surface area (TPSA) is 15.3 Å². The summed E-state index contributed by atoms with van der Waals surface area (Å²) in [7, 11) is 2.24. The first-order chi connectivity index (χ1) is 7.74. The molecule has 96 valence electrons. The number of rotatable bonds is 7. The summed E-state index contributed by atoms with van der Waals surface area (Å²) in [5.41, 5.74) is 0. The molecule has 2 nitrogen and oxygen atoms in total. The molecule has 2 heteroatoms. The van der Waals surface area contributed by atoms with Crippen molar-refractivity contribution in [3.63, 3.8) is 0 Å². The van der Waals surface area contributed by atoms with Crippen molar-refractivity contribution in [2.45, 2.75) is 70.9 Å². The Hall–Kier alpha value is -0.0800. The number of hydrogen-bond donors (Lipinski definition) is 1. The molecule has 1 atom stereocenters. The zero-order chi connectivity index (χ0) is 11.8. The van der Waals surface area contributed by atoms with E-state index < -0.39 is 0 Å². The lowest BCUT2D eigenvalue weighted by Gasteiger charge is -2.25. The highest BCUT2D eigenvalue weighted by molar-refractivity contribution is 4.72. The van der Waals surface area contributed by atoms with Gasteiger partial charge >= 0.3 is 0 Å². The molecule has 0 saturated heterocycles. The largest absolute Gasteiger partial charge is 0.314 e. The lowest BCUT2D eigenvalue weighted by Crippen LogP contribution is -2.35. The molecule has 0 spiro atoms. The first kappa shape index (κ1) is 14.0. The average Bonchev–Trinajstić information content (AvgIpc) is 2.34. The molecule has 16 heavy (non-hydrogen) atoms. The summed E-state index contributed by atoms with van der Waals surface area (Å²) in [5, 5.41) is 3.71. The van der Waals surface area contributed by atoms with E-state index >= 15 is 0 Å². The molecular formula is C14H30N2. The molecule has 1 aliphatic carbocycles. The number of hydrogen-bond acceptors (Lipinski definition) is 2. The Kier molecular flexibility index (Phi) is 7.06. The van der Waals surface area contributed by atoms with E-state index in [0.29, 0.717) is 0 Å². The van der Waals surface area contributed by atoms with Crippen LogP contribution < -0.4 is 5.32 Å². The van der Waals surface area contributed by atoms with Crippen LogP contribution in [0.1, 0.15) is 58.8 Å². The molecule has 1 N–H and O–H groups in total. The fourth-order valence-electron chi connectivity index (χ4n) is 2.47. The lowest BCUT2D eigenvalue weighted by molar-refractivity contribution is 0.245. The van der Waals surface area contributed by atoms with E-state index in [1.165, 1.54) is 58.0 Å². The molecule has 1 rings (SSSR count). The molecule has 1 saturated carbocycles. The van der Waals surface area contributed by atoms with Gasteiger partial charge in [-0.3, -0.25) is 0 Å². The van der Waals surface area contributed by atoms with Gasteiger partial charge in [-0.2, -0.15) is 0 Å². The highest BCUT2D eigenvalue weighted by Gasteiger charge is 2.12. The van der Waals surface area contributed by atoms with E-state index in [1.807, 2.05) is 0 Å². The minimum absolute atomic E-state index is 0.731. The molecule has 0 radical (unpaired) electrons. The Balaban J connectivity index is 1.98. The zero-order valence-electron chi connectivity index (χ0n) is 11.5. The molecule has 0 aromatic rings. The summed E-state index contributed by atoms with van der Waals surface area (Å²) >= 11 is 0. The number of nitrogens with zero attached hydrogens (tertiary/aromatic N) is 1. The van der Waals surface area contributed by atoms with Gasteiger partial charge in [-0.05, 0) is 52.7 Å². The molecule has 0 aromatic heterocycles. The van der Waals surface area contributed by atoms with Gasteiger partial charge in [0.15, 0.2) is 0 Å². The van der Waals surface area contributed by atoms with Crippen LogP contribution in [0.2, 0.25) is 0 Å². The van der Waals surface area contributed by atoms with Crippen LogP contribution in [0.4, 0.5) is 0 Å². The molecule has 1 aliphatic rings. The van der Waals surface area contributed by atoms with E-state index in [2.05, 4.69) is 31.1 Å². The maximum atomic E-state index is 3.71. The molecule has 0 aromatic carbocycles. The molecule has 0 bridgehead atoms. The van der Waals surface area contributed by atoms with Crippen LogP contribution in [-0.2, 0) is 0 Å². The predicted molar refractivity (Wildman–Crippen MR) is 71.9 cm³/mol. The minimum atomic E-state index is 0.731. The molecule has 0 amide bonds. The summed E-state index contributed by atoms with van der Waals surface area (Å²) < 4.78 is 0. The number of nitrogens with one attached hydrogen (secondary N) is 1. The Labute approximate surface area is 102 Å². The second-order valence-electron chi connectivity index (χ2n) is 5.38. The second-order valence-corrected chi connectivity index (χ2v) is 5.38. The third-order valence-electron chi connectivity index (χ3n) is 4.07. The van der Waals surface area contributed by atoms with Gasteiger partial charge in [0.2, 0.25) is 0 Å². The third kappa shape index (κ3) is 5.31. The van der Waals surface area contributed by atoms with Crippen LogP contribution >= 0.6 is 0 Å². The third-order valence-corrected chi connectivity index (χ3v) is 4.07. The normalized spacial score (nSPS) is 20.2. The summed E-state index contributed by atoms with van der Waals surface area (Å²) in [6, 6.07) is 1.55. The molecule has 0 aliphatic heterocycles. The van der Waals surface area contributed by atoms with Crippen molar-refractivity contribution in [1.82, 2.24) is 10.2 Å². The maximum Gasteiger partial charge on any atom is 0.00670 e. The van der Waals surface area contributed by atoms with E-state index in [1.54, 1.807) is 0 Å². The van der Waals surface area contributed by atoms with Crippen LogP contribution in [0.25, 0.3) is 0 Å². The van der Waals surface area contributed by atoms with Gasteiger partial charge in [0, 0.05) is 12.1 Å². The summed E-state index contributed by atoms with van der Waals surface area (Å²) in [6.07, 6.45) is 9.68. The fraction of sp³-hybridized carbons (Fsp3) is 1.00. The Bertz CT molecular complexity index is 160. The van der Waals surface area contributed by atoms with Crippen molar-refractivity contribution in [2.24, 2.45) is 0 Å². The molecule has 0 heterocycles. The van der Waals surface area contributed by atoms with Gasteiger partial charge in [0.1, 0.15) is 0 Å². The van der Waals surface area contributed by atoms with Crippen LogP contribution in [0, 0.1) is 0 Å². The van der Waals surface area contributed by atoms with Crippen molar-refractivity contribution in [3.05, 3.63) is 0 Å². The standard InChI is InChI=1S/C14H30N2/c1-4-13(2)16(3)12-8-11-15-14-9-6-5-7-10-14/h13-15H,4-12H2,1-3H3. The van der Waals surface area contributed by atoms with E-state index in [0.717, 1.165) is 12.1 Å². The Morgan fingerprint density at radius 3 is 2.56 bits per heavy atom. The summed E-state index contributed by atoms with van der Waals surface area (Å²) in [5.74, 6) is 0. The first-order valence-corrected chi connectivity index (χ1v) is 7.17. The molecular weight excluding hydrogens is 196 g/mol. The van der Waals surface area contributed by atoms with Crippen LogP contribution in [-0.4, -0.2) is 37.1 Å². The predicted octanol–water partition coefficient (Wildman–Crippen LogP) is 3.03. The van der Waals surface area contributed by atoms with Crippen LogP contribution in [0.5, 0.6) is 0 Å². The minimum Gasteiger partial charge on any atom is -0.314 e. The average molecular weight is 226 g/mol. The van der Waals surface area contributed by atoms with Gasteiger partial charge < -0.3 is 10.2 Å². The highest BCUT2D eigenvalue weighted by Crippen LogP contribution is 2.17. The SMILES string of the molecule is CCC(C)N(C)CCCNC1CCCCC1. The van der Waals surface area contributed by atoms with Gasteiger partial charge in [0.25, 0.3) is 0 Å². The highest BCUT2D eigenvalue weighted by atomic mass is 15.1. The van der Waals surface area contributed by atoms with E-state index in [-0.39, 0.29) is 0 Å². The lowest BCUT2D eigenvalue weighted by atomic mass is 9.95.